The second-order valence-corrected chi connectivity index (χ2v) is 7.29. The summed E-state index contributed by atoms with van der Waals surface area (Å²) in [5.41, 5.74) is 0.465. The molecule has 0 bridgehead atoms. The molecule has 1 amide bonds. The fourth-order valence-electron chi connectivity index (χ4n) is 3.03. The van der Waals surface area contributed by atoms with Crippen LogP contribution in [0.15, 0.2) is 40.2 Å². The molecular formula is C20H23N5O4. The number of aromatic nitrogens is 4. The van der Waals surface area contributed by atoms with Crippen molar-refractivity contribution in [3.8, 4) is 0 Å². The molecule has 152 valence electrons. The molecule has 0 saturated carbocycles. The molecule has 0 radical (unpaired) electrons. The Morgan fingerprint density at radius 2 is 1.62 bits per heavy atom. The first-order chi connectivity index (χ1) is 13.6. The number of hydrogen-bond acceptors (Lipinski definition) is 5. The second kappa shape index (κ2) is 7.50. The predicted molar refractivity (Wildman–Crippen MR) is 109 cm³/mol. The van der Waals surface area contributed by atoms with Crippen molar-refractivity contribution in [3.05, 3.63) is 57.0 Å². The molecule has 0 aliphatic rings. The number of nitrogens with one attached hydrogen (secondary N) is 1. The molecule has 2 heterocycles. The SMILES string of the molecule is CC(C)C(=O)Nc1ccc(C(=O)[C@@H](C)n2cnc3c2c(=O)n(C)c(=O)n3C)cc1. The largest absolute Gasteiger partial charge is 0.332 e. The molecule has 0 saturated heterocycles. The highest BCUT2D eigenvalue weighted by atomic mass is 16.2. The maximum Gasteiger partial charge on any atom is 0.332 e. The number of aryl methyl sites for hydroxylation is 1. The lowest BCUT2D eigenvalue weighted by Crippen LogP contribution is -2.38. The summed E-state index contributed by atoms with van der Waals surface area (Å²) in [5, 5.41) is 2.77. The average molecular weight is 397 g/mol. The summed E-state index contributed by atoms with van der Waals surface area (Å²) in [7, 11) is 2.91. The normalized spacial score (nSPS) is 12.3. The molecule has 9 nitrogen and oxygen atoms in total. The van der Waals surface area contributed by atoms with E-state index in [2.05, 4.69) is 10.3 Å². The number of nitrogens with zero attached hydrogens (tertiary/aromatic N) is 4. The first kappa shape index (κ1) is 20.2. The Balaban J connectivity index is 1.94. The van der Waals surface area contributed by atoms with Gasteiger partial charge in [0.05, 0.1) is 12.4 Å². The van der Waals surface area contributed by atoms with E-state index in [0.717, 1.165) is 4.57 Å². The van der Waals surface area contributed by atoms with Crippen LogP contribution >= 0.6 is 0 Å². The molecule has 0 spiro atoms. The van der Waals surface area contributed by atoms with Crippen LogP contribution in [0.1, 0.15) is 37.2 Å². The summed E-state index contributed by atoms with van der Waals surface area (Å²) in [4.78, 5) is 53.6. The number of carbonyl (C=O) groups excluding carboxylic acids is 2. The number of benzene rings is 1. The summed E-state index contributed by atoms with van der Waals surface area (Å²) in [6.07, 6.45) is 1.39. The molecule has 1 atom stereocenters. The van der Waals surface area contributed by atoms with Crippen molar-refractivity contribution in [1.29, 1.82) is 0 Å². The molecule has 29 heavy (non-hydrogen) atoms. The number of imidazole rings is 1. The van der Waals surface area contributed by atoms with Gasteiger partial charge in [-0.05, 0) is 31.2 Å². The molecule has 1 N–H and O–H groups in total. The van der Waals surface area contributed by atoms with Gasteiger partial charge in [-0.1, -0.05) is 13.8 Å². The number of rotatable bonds is 5. The molecule has 0 unspecified atom stereocenters. The van der Waals surface area contributed by atoms with E-state index in [9.17, 15) is 19.2 Å². The first-order valence-corrected chi connectivity index (χ1v) is 9.21. The molecule has 1 aromatic carbocycles. The van der Waals surface area contributed by atoms with Crippen LogP contribution in [-0.2, 0) is 18.9 Å². The number of Topliss-reactive ketones (excluding diaryl/α,β-unsaturated/α-hetero) is 1. The average Bonchev–Trinajstić information content (AvgIpc) is 3.15. The number of amides is 1. The number of fused-ring (bicyclic) bond motifs is 1. The third-order valence-electron chi connectivity index (χ3n) is 4.93. The van der Waals surface area contributed by atoms with E-state index in [0.29, 0.717) is 11.3 Å². The van der Waals surface area contributed by atoms with E-state index in [-0.39, 0.29) is 28.8 Å². The lowest BCUT2D eigenvalue weighted by Gasteiger charge is -2.14. The van der Waals surface area contributed by atoms with E-state index in [4.69, 9.17) is 0 Å². The molecule has 0 aliphatic carbocycles. The Kier molecular flexibility index (Phi) is 5.23. The highest BCUT2D eigenvalue weighted by Crippen LogP contribution is 2.20. The van der Waals surface area contributed by atoms with Gasteiger partial charge < -0.3 is 9.88 Å². The van der Waals surface area contributed by atoms with Crippen molar-refractivity contribution in [2.75, 3.05) is 5.32 Å². The lowest BCUT2D eigenvalue weighted by molar-refractivity contribution is -0.118. The van der Waals surface area contributed by atoms with Gasteiger partial charge in [-0.2, -0.15) is 0 Å². The zero-order valence-electron chi connectivity index (χ0n) is 17.0. The molecule has 9 heteroatoms. The van der Waals surface area contributed by atoms with Gasteiger partial charge in [0.1, 0.15) is 0 Å². The fourth-order valence-corrected chi connectivity index (χ4v) is 3.03. The van der Waals surface area contributed by atoms with E-state index in [1.54, 1.807) is 45.0 Å². The summed E-state index contributed by atoms with van der Waals surface area (Å²) in [6.45, 7) is 5.26. The van der Waals surface area contributed by atoms with Crippen molar-refractivity contribution in [1.82, 2.24) is 18.7 Å². The number of anilines is 1. The number of carbonyl (C=O) groups is 2. The Morgan fingerprint density at radius 3 is 2.21 bits per heavy atom. The van der Waals surface area contributed by atoms with Gasteiger partial charge in [0.25, 0.3) is 5.56 Å². The third kappa shape index (κ3) is 3.51. The minimum Gasteiger partial charge on any atom is -0.326 e. The van der Waals surface area contributed by atoms with Gasteiger partial charge >= 0.3 is 5.69 Å². The standard InChI is InChI=1S/C20H23N5O4/c1-11(2)18(27)22-14-8-6-13(7-9-14)16(26)12(3)25-10-21-17-15(25)19(28)24(5)20(29)23(17)4/h6-12H,1-5H3,(H,22,27)/t12-/m1/s1. The zero-order chi connectivity index (χ0) is 21.5. The lowest BCUT2D eigenvalue weighted by atomic mass is 10.0. The maximum atomic E-state index is 13.0. The number of ketones is 1. The first-order valence-electron chi connectivity index (χ1n) is 9.21. The minimum atomic E-state index is -0.707. The van der Waals surface area contributed by atoms with Crippen molar-refractivity contribution in [2.45, 2.75) is 26.8 Å². The maximum absolute atomic E-state index is 13.0. The van der Waals surface area contributed by atoms with Crippen LogP contribution in [0.5, 0.6) is 0 Å². The monoisotopic (exact) mass is 397 g/mol. The fraction of sp³-hybridized carbons (Fsp3) is 0.350. The van der Waals surface area contributed by atoms with Crippen molar-refractivity contribution in [3.63, 3.8) is 0 Å². The van der Waals surface area contributed by atoms with Crippen LogP contribution in [0, 0.1) is 5.92 Å². The summed E-state index contributed by atoms with van der Waals surface area (Å²) in [6, 6.07) is 5.87. The van der Waals surface area contributed by atoms with Gasteiger partial charge in [0.15, 0.2) is 16.9 Å². The summed E-state index contributed by atoms with van der Waals surface area (Å²) < 4.78 is 3.74. The van der Waals surface area contributed by atoms with E-state index in [1.165, 1.54) is 29.6 Å². The summed E-state index contributed by atoms with van der Waals surface area (Å²) >= 11 is 0. The Bertz CT molecular complexity index is 1210. The molecule has 3 rings (SSSR count). The Hall–Kier alpha value is -3.49. The molecule has 3 aromatic rings. The summed E-state index contributed by atoms with van der Waals surface area (Å²) in [5.74, 6) is -0.477. The predicted octanol–water partition coefficient (Wildman–Crippen LogP) is 1.47. The minimum absolute atomic E-state index is 0.108. The van der Waals surface area contributed by atoms with Crippen molar-refractivity contribution >= 4 is 28.5 Å². The van der Waals surface area contributed by atoms with E-state index < -0.39 is 17.3 Å². The van der Waals surface area contributed by atoms with Crippen LogP contribution in [-0.4, -0.2) is 30.4 Å². The van der Waals surface area contributed by atoms with Crippen molar-refractivity contribution in [2.24, 2.45) is 20.0 Å². The quantitative estimate of drug-likeness (QED) is 0.656. The third-order valence-corrected chi connectivity index (χ3v) is 4.93. The second-order valence-electron chi connectivity index (χ2n) is 7.29. The zero-order valence-corrected chi connectivity index (χ0v) is 17.0. The molecule has 2 aromatic heterocycles. The van der Waals surface area contributed by atoms with E-state index >= 15 is 0 Å². The van der Waals surface area contributed by atoms with Crippen LogP contribution < -0.4 is 16.6 Å². The molecular weight excluding hydrogens is 374 g/mol. The van der Waals surface area contributed by atoms with Crippen LogP contribution in [0.25, 0.3) is 11.2 Å². The molecule has 0 fully saturated rings. The molecule has 0 aliphatic heterocycles. The van der Waals surface area contributed by atoms with Crippen LogP contribution in [0.4, 0.5) is 5.69 Å². The van der Waals surface area contributed by atoms with Crippen LogP contribution in [0.2, 0.25) is 0 Å². The topological polar surface area (TPSA) is 108 Å². The number of hydrogen-bond donors (Lipinski definition) is 1. The smallest absolute Gasteiger partial charge is 0.326 e. The van der Waals surface area contributed by atoms with Gasteiger partial charge in [-0.3, -0.25) is 23.5 Å². The van der Waals surface area contributed by atoms with Gasteiger partial charge in [-0.15, -0.1) is 0 Å². The van der Waals surface area contributed by atoms with Gasteiger partial charge in [0, 0.05) is 31.3 Å². The highest BCUT2D eigenvalue weighted by molar-refractivity contribution is 6.00. The Labute approximate surface area is 166 Å². The highest BCUT2D eigenvalue weighted by Gasteiger charge is 2.23. The van der Waals surface area contributed by atoms with Crippen LogP contribution in [0.3, 0.4) is 0 Å². The van der Waals surface area contributed by atoms with Gasteiger partial charge in [-0.25, -0.2) is 9.78 Å². The van der Waals surface area contributed by atoms with E-state index in [1.807, 2.05) is 0 Å². The Morgan fingerprint density at radius 1 is 1.00 bits per heavy atom. The van der Waals surface area contributed by atoms with Gasteiger partial charge in [0.2, 0.25) is 5.91 Å². The van der Waals surface area contributed by atoms with Crippen molar-refractivity contribution < 1.29 is 9.59 Å².